The predicted octanol–water partition coefficient (Wildman–Crippen LogP) is 10.4. The summed E-state index contributed by atoms with van der Waals surface area (Å²) in [4.78, 5) is 2.14. The second-order valence-electron chi connectivity index (χ2n) is 11.0. The molecule has 0 fully saturated rings. The number of nitrogens with zero attached hydrogens (tertiary/aromatic N) is 1. The molecule has 5 aromatic carbocycles. The Labute approximate surface area is 259 Å². The SMILES string of the molecule is CC1=C(/C=C\CI)c2c(ccc3c2Oc2cccc(N(C)c4ccccc4)c2O3)C12c1ccccc1-c1ccccc12. The summed E-state index contributed by atoms with van der Waals surface area (Å²) in [5, 5.41) is 0. The molecule has 0 unspecified atom stereocenters. The van der Waals surface area contributed by atoms with Crippen molar-refractivity contribution in [3.05, 3.63) is 149 Å². The van der Waals surface area contributed by atoms with Gasteiger partial charge in [-0.2, -0.15) is 0 Å². The van der Waals surface area contributed by atoms with Crippen LogP contribution in [-0.4, -0.2) is 11.5 Å². The highest BCUT2D eigenvalue weighted by Crippen LogP contribution is 2.65. The number of benzene rings is 5. The Morgan fingerprint density at radius 1 is 0.690 bits per heavy atom. The highest BCUT2D eigenvalue weighted by Gasteiger charge is 2.52. The lowest BCUT2D eigenvalue weighted by Crippen LogP contribution is -2.26. The Kier molecular flexibility index (Phi) is 5.83. The average molecular weight is 658 g/mol. The number of fused-ring (bicyclic) bond motifs is 10. The number of hydrogen-bond donors (Lipinski definition) is 0. The van der Waals surface area contributed by atoms with E-state index in [9.17, 15) is 0 Å². The number of rotatable bonds is 4. The van der Waals surface area contributed by atoms with Crippen LogP contribution in [0.15, 0.2) is 127 Å². The van der Waals surface area contributed by atoms with Gasteiger partial charge in [0, 0.05) is 22.7 Å². The van der Waals surface area contributed by atoms with E-state index in [0.717, 1.165) is 44.4 Å². The molecular weight excluding hydrogens is 629 g/mol. The van der Waals surface area contributed by atoms with E-state index in [1.165, 1.54) is 39.0 Å². The van der Waals surface area contributed by atoms with Gasteiger partial charge in [-0.15, -0.1) is 0 Å². The van der Waals surface area contributed by atoms with Crippen LogP contribution in [0.25, 0.3) is 16.7 Å². The Hall–Kier alpha value is -4.29. The summed E-state index contributed by atoms with van der Waals surface area (Å²) >= 11 is 2.41. The average Bonchev–Trinajstić information content (AvgIpc) is 3.48. The number of hydrogen-bond acceptors (Lipinski definition) is 3. The van der Waals surface area contributed by atoms with Gasteiger partial charge in [-0.3, -0.25) is 0 Å². The van der Waals surface area contributed by atoms with Crippen molar-refractivity contribution in [3.63, 3.8) is 0 Å². The molecule has 0 saturated carbocycles. The third kappa shape index (κ3) is 3.39. The molecule has 0 atom stereocenters. The lowest BCUT2D eigenvalue weighted by atomic mass is 9.70. The van der Waals surface area contributed by atoms with Crippen molar-refractivity contribution in [2.24, 2.45) is 0 Å². The molecule has 1 spiro atoms. The summed E-state index contributed by atoms with van der Waals surface area (Å²) in [6.45, 7) is 2.29. The highest BCUT2D eigenvalue weighted by molar-refractivity contribution is 14.1. The highest BCUT2D eigenvalue weighted by atomic mass is 127. The first-order valence-corrected chi connectivity index (χ1v) is 15.8. The van der Waals surface area contributed by atoms with Crippen molar-refractivity contribution in [1.82, 2.24) is 0 Å². The molecule has 0 bridgehead atoms. The second kappa shape index (κ2) is 9.63. The third-order valence-corrected chi connectivity index (χ3v) is 9.48. The van der Waals surface area contributed by atoms with Gasteiger partial charge in [0.15, 0.2) is 23.0 Å². The van der Waals surface area contributed by atoms with E-state index in [1.807, 2.05) is 30.3 Å². The van der Waals surface area contributed by atoms with Crippen molar-refractivity contribution >= 4 is 39.5 Å². The minimum atomic E-state index is -0.387. The summed E-state index contributed by atoms with van der Waals surface area (Å²) in [6.07, 6.45) is 4.51. The summed E-state index contributed by atoms with van der Waals surface area (Å²) in [6, 6.07) is 38.5. The smallest absolute Gasteiger partial charge is 0.193 e. The summed E-state index contributed by atoms with van der Waals surface area (Å²) in [5.41, 5.74) is 11.8. The normalized spacial score (nSPS) is 15.0. The number of anilines is 2. The zero-order valence-corrected chi connectivity index (χ0v) is 25.6. The number of ether oxygens (including phenoxy) is 2. The van der Waals surface area contributed by atoms with Crippen LogP contribution in [0.5, 0.6) is 23.0 Å². The number of halogens is 1. The van der Waals surface area contributed by atoms with Crippen LogP contribution in [0.3, 0.4) is 0 Å². The molecule has 0 aromatic heterocycles. The summed E-state index contributed by atoms with van der Waals surface area (Å²) in [5.74, 6) is 2.97. The molecule has 0 saturated heterocycles. The van der Waals surface area contributed by atoms with Crippen molar-refractivity contribution < 1.29 is 9.47 Å². The largest absolute Gasteiger partial charge is 0.449 e. The summed E-state index contributed by atoms with van der Waals surface area (Å²) in [7, 11) is 2.06. The molecule has 0 N–H and O–H groups in total. The monoisotopic (exact) mass is 657 g/mol. The van der Waals surface area contributed by atoms with E-state index >= 15 is 0 Å². The van der Waals surface area contributed by atoms with Gasteiger partial charge in [0.05, 0.1) is 11.1 Å². The van der Waals surface area contributed by atoms with E-state index in [0.29, 0.717) is 0 Å². The molecule has 1 heterocycles. The van der Waals surface area contributed by atoms with Crippen LogP contribution in [0.1, 0.15) is 29.2 Å². The first-order valence-electron chi connectivity index (χ1n) is 14.2. The minimum Gasteiger partial charge on any atom is -0.449 e. The quantitative estimate of drug-likeness (QED) is 0.139. The zero-order chi connectivity index (χ0) is 28.4. The van der Waals surface area contributed by atoms with E-state index in [1.54, 1.807) is 0 Å². The van der Waals surface area contributed by atoms with Gasteiger partial charge in [0.2, 0.25) is 0 Å². The molecule has 3 nitrogen and oxygen atoms in total. The molecule has 0 amide bonds. The molecule has 8 rings (SSSR count). The van der Waals surface area contributed by atoms with Gasteiger partial charge in [0.25, 0.3) is 0 Å². The number of para-hydroxylation sites is 2. The molecule has 2 aliphatic carbocycles. The fraction of sp³-hybridized carbons (Fsp3) is 0.105. The Bertz CT molecular complexity index is 1910. The molecule has 4 heteroatoms. The molecule has 204 valence electrons. The molecule has 1 aliphatic heterocycles. The predicted molar refractivity (Wildman–Crippen MR) is 180 cm³/mol. The van der Waals surface area contributed by atoms with Crippen molar-refractivity contribution in [2.75, 3.05) is 16.4 Å². The molecule has 42 heavy (non-hydrogen) atoms. The molecular formula is C38H28INO2. The minimum absolute atomic E-state index is 0.387. The van der Waals surface area contributed by atoms with Crippen LogP contribution in [0.4, 0.5) is 11.4 Å². The van der Waals surface area contributed by atoms with Crippen LogP contribution in [0.2, 0.25) is 0 Å². The number of alkyl halides is 1. The van der Waals surface area contributed by atoms with Gasteiger partial charge >= 0.3 is 0 Å². The van der Waals surface area contributed by atoms with E-state index in [-0.39, 0.29) is 5.41 Å². The molecule has 3 aliphatic rings. The van der Waals surface area contributed by atoms with Gasteiger partial charge in [-0.05, 0) is 76.2 Å². The Morgan fingerprint density at radius 3 is 2.05 bits per heavy atom. The van der Waals surface area contributed by atoms with Gasteiger partial charge < -0.3 is 14.4 Å². The van der Waals surface area contributed by atoms with Gasteiger partial charge in [0.1, 0.15) is 0 Å². The first kappa shape index (κ1) is 25.4. The second-order valence-corrected chi connectivity index (χ2v) is 11.8. The van der Waals surface area contributed by atoms with Gasteiger partial charge in [-0.25, -0.2) is 0 Å². The maximum Gasteiger partial charge on any atom is 0.193 e. The van der Waals surface area contributed by atoms with E-state index in [2.05, 4.69) is 132 Å². The van der Waals surface area contributed by atoms with Crippen LogP contribution < -0.4 is 14.4 Å². The van der Waals surface area contributed by atoms with Crippen molar-refractivity contribution in [3.8, 4) is 34.1 Å². The Balaban J connectivity index is 1.35. The standard InChI is InChI=1S/C38H28INO2/c1-24-26(16-11-23-39)35-31(38(24)29-17-8-6-14-27(29)28-15-7-9-18-30(28)38)21-22-34-37(35)42-33-20-10-19-32(36(33)41-34)40(2)25-12-4-3-5-13-25/h3-22H,23H2,1-2H3/b16-11-. The fourth-order valence-electron chi connectivity index (χ4n) is 7.18. The Morgan fingerprint density at radius 2 is 1.33 bits per heavy atom. The first-order chi connectivity index (χ1) is 20.6. The van der Waals surface area contributed by atoms with Crippen LogP contribution in [0, 0.1) is 0 Å². The third-order valence-electron chi connectivity index (χ3n) is 8.97. The van der Waals surface area contributed by atoms with Crippen LogP contribution >= 0.6 is 22.6 Å². The topological polar surface area (TPSA) is 21.7 Å². The van der Waals surface area contributed by atoms with E-state index < -0.39 is 0 Å². The van der Waals surface area contributed by atoms with Gasteiger partial charge in [-0.1, -0.05) is 114 Å². The van der Waals surface area contributed by atoms with Crippen molar-refractivity contribution in [2.45, 2.75) is 12.3 Å². The maximum absolute atomic E-state index is 6.86. The van der Waals surface area contributed by atoms with Crippen LogP contribution in [-0.2, 0) is 5.41 Å². The number of allylic oxidation sites excluding steroid dienone is 4. The lowest BCUT2D eigenvalue weighted by molar-refractivity contribution is 0.359. The van der Waals surface area contributed by atoms with E-state index in [4.69, 9.17) is 9.47 Å². The van der Waals surface area contributed by atoms with Crippen molar-refractivity contribution in [1.29, 1.82) is 0 Å². The fourth-order valence-corrected chi connectivity index (χ4v) is 7.43. The molecule has 5 aromatic rings. The maximum atomic E-state index is 6.86. The molecule has 0 radical (unpaired) electrons. The zero-order valence-electron chi connectivity index (χ0n) is 23.4. The lowest BCUT2D eigenvalue weighted by Gasteiger charge is -2.32. The summed E-state index contributed by atoms with van der Waals surface area (Å²) < 4.78 is 14.5.